The fourth-order valence-electron chi connectivity index (χ4n) is 2.86. The van der Waals surface area contributed by atoms with Crippen LogP contribution in [0.15, 0.2) is 42.7 Å². The molecule has 1 aliphatic rings. The lowest BCUT2D eigenvalue weighted by molar-refractivity contribution is -0.137. The van der Waals surface area contributed by atoms with Crippen molar-refractivity contribution in [3.8, 4) is 5.69 Å². The molecule has 0 radical (unpaired) electrons. The Morgan fingerprint density at radius 2 is 2.20 bits per heavy atom. The zero-order valence-electron chi connectivity index (χ0n) is 14.6. The molecule has 0 spiro atoms. The van der Waals surface area contributed by atoms with Crippen LogP contribution in [0.4, 0.5) is 0 Å². The Kier molecular flexibility index (Phi) is 6.19. The topological polar surface area (TPSA) is 56.6 Å². The minimum atomic E-state index is -0.0213. The number of amides is 1. The summed E-state index contributed by atoms with van der Waals surface area (Å²) in [5, 5.41) is 4.20. The second-order valence-corrected chi connectivity index (χ2v) is 6.37. The van der Waals surface area contributed by atoms with Crippen LogP contribution < -0.4 is 0 Å². The summed E-state index contributed by atoms with van der Waals surface area (Å²) in [4.78, 5) is 13.9. The van der Waals surface area contributed by atoms with Crippen molar-refractivity contribution in [2.45, 2.75) is 31.9 Å². The van der Waals surface area contributed by atoms with Gasteiger partial charge >= 0.3 is 0 Å². The summed E-state index contributed by atoms with van der Waals surface area (Å²) in [6.07, 6.45) is 7.11. The molecule has 25 heavy (non-hydrogen) atoms. The number of aromatic nitrogens is 2. The van der Waals surface area contributed by atoms with E-state index < -0.39 is 0 Å². The van der Waals surface area contributed by atoms with Crippen LogP contribution in [0.2, 0.25) is 0 Å². The van der Waals surface area contributed by atoms with Crippen LogP contribution in [0.1, 0.15) is 24.8 Å². The molecular weight excluding hydrogens is 318 g/mol. The number of carbonyl (C=O) groups is 1. The molecule has 1 unspecified atom stereocenters. The summed E-state index contributed by atoms with van der Waals surface area (Å²) in [6.45, 7) is 1.96. The van der Waals surface area contributed by atoms with Crippen LogP contribution in [0.25, 0.3) is 5.69 Å². The second kappa shape index (κ2) is 8.78. The molecule has 0 saturated carbocycles. The molecule has 1 fully saturated rings. The zero-order chi connectivity index (χ0) is 17.5. The van der Waals surface area contributed by atoms with Gasteiger partial charge in [0.2, 0.25) is 5.91 Å². The Bertz CT molecular complexity index is 649. The monoisotopic (exact) mass is 343 g/mol. The van der Waals surface area contributed by atoms with Crippen molar-refractivity contribution in [2.24, 2.45) is 0 Å². The first kappa shape index (κ1) is 17.6. The third kappa shape index (κ3) is 5.14. The molecule has 1 saturated heterocycles. The molecule has 2 heterocycles. The van der Waals surface area contributed by atoms with Crippen molar-refractivity contribution < 1.29 is 14.3 Å². The Morgan fingerprint density at radius 1 is 1.36 bits per heavy atom. The highest BCUT2D eigenvalue weighted by Crippen LogP contribution is 2.13. The van der Waals surface area contributed by atoms with Gasteiger partial charge in [0.1, 0.15) is 6.61 Å². The molecule has 0 bridgehead atoms. The van der Waals surface area contributed by atoms with Gasteiger partial charge in [0, 0.05) is 32.6 Å². The van der Waals surface area contributed by atoms with Crippen LogP contribution >= 0.6 is 0 Å². The number of likely N-dealkylation sites (N-methyl/N-ethyl adjacent to an activating group) is 1. The van der Waals surface area contributed by atoms with E-state index in [9.17, 15) is 4.79 Å². The molecule has 1 aliphatic heterocycles. The van der Waals surface area contributed by atoms with Gasteiger partial charge in [0.25, 0.3) is 0 Å². The first-order valence-corrected chi connectivity index (χ1v) is 8.74. The maximum absolute atomic E-state index is 12.2. The highest BCUT2D eigenvalue weighted by atomic mass is 16.5. The molecule has 1 aromatic heterocycles. The van der Waals surface area contributed by atoms with Gasteiger partial charge in [-0.1, -0.05) is 12.1 Å². The van der Waals surface area contributed by atoms with E-state index in [-0.39, 0.29) is 18.6 Å². The lowest BCUT2D eigenvalue weighted by Gasteiger charge is -2.23. The molecule has 2 aromatic rings. The molecule has 134 valence electrons. The van der Waals surface area contributed by atoms with Crippen molar-refractivity contribution in [1.29, 1.82) is 0 Å². The van der Waals surface area contributed by atoms with Crippen LogP contribution in [-0.2, 0) is 20.8 Å². The van der Waals surface area contributed by atoms with E-state index in [0.29, 0.717) is 13.2 Å². The van der Waals surface area contributed by atoms with Crippen molar-refractivity contribution in [1.82, 2.24) is 14.7 Å². The van der Waals surface area contributed by atoms with Crippen molar-refractivity contribution in [2.75, 3.05) is 26.9 Å². The first-order chi connectivity index (χ1) is 12.2. The lowest BCUT2D eigenvalue weighted by Crippen LogP contribution is -2.32. The second-order valence-electron chi connectivity index (χ2n) is 6.37. The zero-order valence-corrected chi connectivity index (χ0v) is 14.6. The Balaban J connectivity index is 1.43. The quantitative estimate of drug-likeness (QED) is 0.775. The summed E-state index contributed by atoms with van der Waals surface area (Å²) in [5.41, 5.74) is 2.07. The predicted molar refractivity (Wildman–Crippen MR) is 94.4 cm³/mol. The van der Waals surface area contributed by atoms with Crippen LogP contribution in [0.5, 0.6) is 0 Å². The van der Waals surface area contributed by atoms with E-state index >= 15 is 0 Å². The molecule has 1 atom stereocenters. The first-order valence-electron chi connectivity index (χ1n) is 8.74. The summed E-state index contributed by atoms with van der Waals surface area (Å²) >= 11 is 0. The molecule has 0 N–H and O–H groups in total. The molecule has 3 rings (SSSR count). The van der Waals surface area contributed by atoms with E-state index in [0.717, 1.165) is 30.7 Å². The maximum atomic E-state index is 12.2. The van der Waals surface area contributed by atoms with Crippen molar-refractivity contribution >= 4 is 5.91 Å². The number of ether oxygens (including phenoxy) is 2. The Hall–Kier alpha value is -2.18. The van der Waals surface area contributed by atoms with Crippen LogP contribution in [-0.4, -0.2) is 53.6 Å². The number of benzene rings is 1. The number of hydrogen-bond acceptors (Lipinski definition) is 4. The molecule has 6 nitrogen and oxygen atoms in total. The van der Waals surface area contributed by atoms with Gasteiger partial charge in [0.15, 0.2) is 0 Å². The van der Waals surface area contributed by atoms with Crippen LogP contribution in [0.3, 0.4) is 0 Å². The van der Waals surface area contributed by atoms with Gasteiger partial charge in [-0.2, -0.15) is 5.10 Å². The standard InChI is InChI=1S/C19H25N3O3/c1-21(19(23)15-24-14-18-5-2-3-12-25-18)13-16-6-8-17(9-7-16)22-11-4-10-20-22/h4,6-11,18H,2-3,5,12-15H2,1H3. The minimum Gasteiger partial charge on any atom is -0.376 e. The minimum absolute atomic E-state index is 0.0213. The van der Waals surface area contributed by atoms with Crippen molar-refractivity contribution in [3.63, 3.8) is 0 Å². The summed E-state index contributed by atoms with van der Waals surface area (Å²) in [7, 11) is 1.80. The highest BCUT2D eigenvalue weighted by Gasteiger charge is 2.15. The lowest BCUT2D eigenvalue weighted by atomic mass is 10.1. The molecule has 1 amide bonds. The number of hydrogen-bond donors (Lipinski definition) is 0. The smallest absolute Gasteiger partial charge is 0.248 e. The summed E-state index contributed by atoms with van der Waals surface area (Å²) in [5.74, 6) is -0.0213. The van der Waals surface area contributed by atoms with Gasteiger partial charge in [0.05, 0.1) is 18.4 Å². The van der Waals surface area contributed by atoms with Gasteiger partial charge in [-0.25, -0.2) is 4.68 Å². The SMILES string of the molecule is CN(Cc1ccc(-n2cccn2)cc1)C(=O)COCC1CCCCO1. The van der Waals surface area contributed by atoms with E-state index in [4.69, 9.17) is 9.47 Å². The van der Waals surface area contributed by atoms with Gasteiger partial charge in [-0.3, -0.25) is 4.79 Å². The van der Waals surface area contributed by atoms with Gasteiger partial charge < -0.3 is 14.4 Å². The van der Waals surface area contributed by atoms with Crippen molar-refractivity contribution in [3.05, 3.63) is 48.3 Å². The average Bonchev–Trinajstić information content (AvgIpc) is 3.18. The molecule has 0 aliphatic carbocycles. The van der Waals surface area contributed by atoms with E-state index in [1.54, 1.807) is 22.8 Å². The van der Waals surface area contributed by atoms with Crippen LogP contribution in [0, 0.1) is 0 Å². The Morgan fingerprint density at radius 3 is 2.88 bits per heavy atom. The summed E-state index contributed by atoms with van der Waals surface area (Å²) in [6, 6.07) is 9.91. The number of rotatable bonds is 7. The Labute approximate surface area is 148 Å². The fraction of sp³-hybridized carbons (Fsp3) is 0.474. The largest absolute Gasteiger partial charge is 0.376 e. The predicted octanol–water partition coefficient (Wildman–Crippen LogP) is 2.42. The number of nitrogens with zero attached hydrogens (tertiary/aromatic N) is 3. The summed E-state index contributed by atoms with van der Waals surface area (Å²) < 4.78 is 12.9. The van der Waals surface area contributed by atoms with Gasteiger partial charge in [-0.05, 0) is 43.0 Å². The number of carbonyl (C=O) groups excluding carboxylic acids is 1. The maximum Gasteiger partial charge on any atom is 0.248 e. The molecule has 1 aromatic carbocycles. The van der Waals surface area contributed by atoms with E-state index in [1.807, 2.05) is 36.5 Å². The van der Waals surface area contributed by atoms with E-state index in [1.165, 1.54) is 6.42 Å². The highest BCUT2D eigenvalue weighted by molar-refractivity contribution is 5.77. The van der Waals surface area contributed by atoms with Gasteiger partial charge in [-0.15, -0.1) is 0 Å². The third-order valence-electron chi connectivity index (χ3n) is 4.35. The van der Waals surface area contributed by atoms with E-state index in [2.05, 4.69) is 5.10 Å². The third-order valence-corrected chi connectivity index (χ3v) is 4.35. The normalized spacial score (nSPS) is 17.4. The molecule has 6 heteroatoms. The molecular formula is C19H25N3O3. The average molecular weight is 343 g/mol. The fourth-order valence-corrected chi connectivity index (χ4v) is 2.86.